The maximum Gasteiger partial charge on any atom is 0.319 e. The molecule has 1 heterocycles. The van der Waals surface area contributed by atoms with E-state index < -0.39 is 29.5 Å². The van der Waals surface area contributed by atoms with Crippen LogP contribution in [0.1, 0.15) is 30.4 Å². The van der Waals surface area contributed by atoms with Crippen LogP contribution >= 0.6 is 0 Å². The van der Waals surface area contributed by atoms with Crippen molar-refractivity contribution in [3.63, 3.8) is 0 Å². The van der Waals surface area contributed by atoms with E-state index in [2.05, 4.69) is 0 Å². The van der Waals surface area contributed by atoms with Gasteiger partial charge in [0.25, 0.3) is 0 Å². The second kappa shape index (κ2) is 8.12. The lowest BCUT2D eigenvalue weighted by atomic mass is 9.79. The van der Waals surface area contributed by atoms with E-state index in [1.54, 1.807) is 6.92 Å². The van der Waals surface area contributed by atoms with Crippen molar-refractivity contribution < 1.29 is 23.5 Å². The highest BCUT2D eigenvalue weighted by Crippen LogP contribution is 2.35. The number of likely N-dealkylation sites (tertiary alicyclic amines) is 1. The van der Waals surface area contributed by atoms with E-state index in [1.807, 2.05) is 30.3 Å². The molecule has 2 aromatic carbocycles. The maximum absolute atomic E-state index is 13.3. The largest absolute Gasteiger partial charge is 0.460 e. The number of esters is 1. The number of hydrogen-bond donors (Lipinski definition) is 0. The SMILES string of the molecule is CCN1C(=O)CC(c2ccc(F)cc2)C(C(=O)OCc2ccccc2)C1=O. The third-order valence-electron chi connectivity index (χ3n) is 4.72. The van der Waals surface area contributed by atoms with Gasteiger partial charge in [-0.05, 0) is 30.2 Å². The first-order valence-electron chi connectivity index (χ1n) is 8.81. The number of benzene rings is 2. The standard InChI is InChI=1S/C21H20FNO4/c1-2-23-18(24)12-17(15-8-10-16(22)11-9-15)19(20(23)25)21(26)27-13-14-6-4-3-5-7-14/h3-11,17,19H,2,12-13H2,1H3. The van der Waals surface area contributed by atoms with Crippen molar-refractivity contribution in [3.8, 4) is 0 Å². The smallest absolute Gasteiger partial charge is 0.319 e. The Labute approximate surface area is 156 Å². The Morgan fingerprint density at radius 2 is 1.78 bits per heavy atom. The molecule has 1 saturated heterocycles. The van der Waals surface area contributed by atoms with Crippen LogP contribution in [0, 0.1) is 11.7 Å². The third-order valence-corrected chi connectivity index (χ3v) is 4.72. The Kier molecular flexibility index (Phi) is 5.64. The van der Waals surface area contributed by atoms with Gasteiger partial charge in [0.05, 0.1) is 0 Å². The molecule has 2 unspecified atom stereocenters. The molecule has 2 atom stereocenters. The molecule has 0 aromatic heterocycles. The normalized spacial score (nSPS) is 19.9. The number of amides is 2. The van der Waals surface area contributed by atoms with Crippen molar-refractivity contribution in [1.82, 2.24) is 4.90 Å². The molecule has 1 fully saturated rings. The van der Waals surface area contributed by atoms with Crippen molar-refractivity contribution in [2.45, 2.75) is 25.9 Å². The van der Waals surface area contributed by atoms with E-state index in [0.29, 0.717) is 5.56 Å². The summed E-state index contributed by atoms with van der Waals surface area (Å²) in [6.45, 7) is 1.91. The minimum atomic E-state index is -1.13. The van der Waals surface area contributed by atoms with Crippen LogP contribution in [0.4, 0.5) is 4.39 Å². The summed E-state index contributed by atoms with van der Waals surface area (Å²) in [4.78, 5) is 38.9. The summed E-state index contributed by atoms with van der Waals surface area (Å²) in [5, 5.41) is 0. The Bertz CT molecular complexity index is 835. The molecule has 0 bridgehead atoms. The van der Waals surface area contributed by atoms with Crippen molar-refractivity contribution in [3.05, 3.63) is 71.5 Å². The van der Waals surface area contributed by atoms with Gasteiger partial charge in [-0.2, -0.15) is 0 Å². The monoisotopic (exact) mass is 369 g/mol. The van der Waals surface area contributed by atoms with Gasteiger partial charge >= 0.3 is 5.97 Å². The van der Waals surface area contributed by atoms with E-state index in [0.717, 1.165) is 10.5 Å². The fourth-order valence-corrected chi connectivity index (χ4v) is 3.32. The molecule has 0 radical (unpaired) electrons. The van der Waals surface area contributed by atoms with E-state index >= 15 is 0 Å². The van der Waals surface area contributed by atoms with E-state index in [1.165, 1.54) is 24.3 Å². The summed E-state index contributed by atoms with van der Waals surface area (Å²) in [6.07, 6.45) is -0.00365. The Hall–Kier alpha value is -3.02. The predicted octanol–water partition coefficient (Wildman–Crippen LogP) is 3.05. The second-order valence-electron chi connectivity index (χ2n) is 6.41. The number of nitrogens with zero attached hydrogens (tertiary/aromatic N) is 1. The van der Waals surface area contributed by atoms with Crippen molar-refractivity contribution >= 4 is 17.8 Å². The van der Waals surface area contributed by atoms with Gasteiger partial charge in [0.1, 0.15) is 18.3 Å². The highest BCUT2D eigenvalue weighted by molar-refractivity contribution is 6.08. The number of ether oxygens (including phenoxy) is 1. The minimum Gasteiger partial charge on any atom is -0.460 e. The molecule has 140 valence electrons. The maximum atomic E-state index is 13.3. The van der Waals surface area contributed by atoms with Gasteiger partial charge in [-0.1, -0.05) is 42.5 Å². The quantitative estimate of drug-likeness (QED) is 0.462. The number of halogens is 1. The summed E-state index contributed by atoms with van der Waals surface area (Å²) >= 11 is 0. The zero-order chi connectivity index (χ0) is 19.4. The summed E-state index contributed by atoms with van der Waals surface area (Å²) in [6, 6.07) is 14.6. The Morgan fingerprint density at radius 1 is 1.11 bits per heavy atom. The Balaban J connectivity index is 1.85. The molecule has 6 heteroatoms. The van der Waals surface area contributed by atoms with Gasteiger partial charge in [0.15, 0.2) is 0 Å². The fraction of sp³-hybridized carbons (Fsp3) is 0.286. The molecular formula is C21H20FNO4. The number of carbonyl (C=O) groups excluding carboxylic acids is 3. The lowest BCUT2D eigenvalue weighted by Crippen LogP contribution is -2.51. The topological polar surface area (TPSA) is 63.7 Å². The van der Waals surface area contributed by atoms with Crippen molar-refractivity contribution in [2.75, 3.05) is 6.54 Å². The van der Waals surface area contributed by atoms with E-state index in [-0.39, 0.29) is 25.5 Å². The number of rotatable bonds is 5. The van der Waals surface area contributed by atoms with Gasteiger partial charge in [0.2, 0.25) is 11.8 Å². The van der Waals surface area contributed by atoms with Gasteiger partial charge in [-0.3, -0.25) is 19.3 Å². The molecule has 3 rings (SSSR count). The molecule has 2 amide bonds. The predicted molar refractivity (Wildman–Crippen MR) is 95.9 cm³/mol. The van der Waals surface area contributed by atoms with Gasteiger partial charge in [-0.15, -0.1) is 0 Å². The molecule has 0 spiro atoms. The van der Waals surface area contributed by atoms with Crippen LogP contribution < -0.4 is 0 Å². The molecule has 1 aliphatic rings. The number of hydrogen-bond acceptors (Lipinski definition) is 4. The molecule has 1 aliphatic heterocycles. The number of piperidine rings is 1. The molecule has 27 heavy (non-hydrogen) atoms. The lowest BCUT2D eigenvalue weighted by molar-refractivity contribution is -0.164. The highest BCUT2D eigenvalue weighted by Gasteiger charge is 2.46. The highest BCUT2D eigenvalue weighted by atomic mass is 19.1. The van der Waals surface area contributed by atoms with Crippen LogP contribution in [0.5, 0.6) is 0 Å². The van der Waals surface area contributed by atoms with Crippen LogP contribution in [0.2, 0.25) is 0 Å². The van der Waals surface area contributed by atoms with Gasteiger partial charge in [-0.25, -0.2) is 4.39 Å². The zero-order valence-corrected chi connectivity index (χ0v) is 14.9. The average molecular weight is 369 g/mol. The van der Waals surface area contributed by atoms with Crippen LogP contribution in [0.15, 0.2) is 54.6 Å². The molecule has 2 aromatic rings. The fourth-order valence-electron chi connectivity index (χ4n) is 3.32. The van der Waals surface area contributed by atoms with E-state index in [9.17, 15) is 18.8 Å². The summed E-state index contributed by atoms with van der Waals surface area (Å²) < 4.78 is 18.6. The number of carbonyl (C=O) groups is 3. The minimum absolute atomic E-state index is 0.00365. The van der Waals surface area contributed by atoms with Crippen LogP contribution in [-0.4, -0.2) is 29.2 Å². The molecule has 0 N–H and O–H groups in total. The first-order valence-corrected chi connectivity index (χ1v) is 8.81. The van der Waals surface area contributed by atoms with Gasteiger partial charge < -0.3 is 4.74 Å². The van der Waals surface area contributed by atoms with Crippen molar-refractivity contribution in [2.24, 2.45) is 5.92 Å². The van der Waals surface area contributed by atoms with Crippen LogP contribution in [0.25, 0.3) is 0 Å². The second-order valence-corrected chi connectivity index (χ2v) is 6.41. The Morgan fingerprint density at radius 3 is 2.41 bits per heavy atom. The van der Waals surface area contributed by atoms with Crippen LogP contribution in [0.3, 0.4) is 0 Å². The molecular weight excluding hydrogens is 349 g/mol. The van der Waals surface area contributed by atoms with Gasteiger partial charge in [0, 0.05) is 18.9 Å². The average Bonchev–Trinajstić information content (AvgIpc) is 2.67. The first-order chi connectivity index (χ1) is 13.0. The number of imide groups is 1. The van der Waals surface area contributed by atoms with E-state index in [4.69, 9.17) is 4.74 Å². The lowest BCUT2D eigenvalue weighted by Gasteiger charge is -2.34. The third kappa shape index (κ3) is 4.05. The molecule has 5 nitrogen and oxygen atoms in total. The summed E-state index contributed by atoms with van der Waals surface area (Å²) in [7, 11) is 0. The molecule has 0 saturated carbocycles. The molecule has 0 aliphatic carbocycles. The first kappa shape index (κ1) is 18.8. The summed E-state index contributed by atoms with van der Waals surface area (Å²) in [5.74, 6) is -3.81. The van der Waals surface area contributed by atoms with Crippen LogP contribution in [-0.2, 0) is 25.7 Å². The summed E-state index contributed by atoms with van der Waals surface area (Å²) in [5.41, 5.74) is 1.37. The zero-order valence-electron chi connectivity index (χ0n) is 14.9. The van der Waals surface area contributed by atoms with Crippen molar-refractivity contribution in [1.29, 1.82) is 0 Å².